The van der Waals surface area contributed by atoms with E-state index in [1.54, 1.807) is 0 Å². The van der Waals surface area contributed by atoms with E-state index in [0.717, 1.165) is 21.2 Å². The lowest BCUT2D eigenvalue weighted by molar-refractivity contribution is -0.757. The van der Waals surface area contributed by atoms with Gasteiger partial charge in [0, 0.05) is 10.9 Å². The fraction of sp³-hybridized carbons (Fsp3) is 0.125. The van der Waals surface area contributed by atoms with Crippen LogP contribution < -0.4 is 0 Å². The summed E-state index contributed by atoms with van der Waals surface area (Å²) in [7, 11) is 0. The van der Waals surface area contributed by atoms with Gasteiger partial charge in [-0.25, -0.2) is 0 Å². The maximum atomic E-state index is 10.2. The number of hydrogen-bond acceptors (Lipinski definition) is 3. The van der Waals surface area contributed by atoms with Gasteiger partial charge in [0.1, 0.15) is 6.61 Å². The second-order valence-electron chi connectivity index (χ2n) is 4.32. The first-order valence-corrected chi connectivity index (χ1v) is 7.24. The van der Waals surface area contributed by atoms with Crippen LogP contribution >= 0.6 is 15.9 Å². The van der Waals surface area contributed by atoms with Gasteiger partial charge in [0.2, 0.25) is 0 Å². The molecular formula is C16H14BrNO3. The summed E-state index contributed by atoms with van der Waals surface area (Å²) in [4.78, 5) is 14.6. The molecule has 0 radical (unpaired) electrons. The molecule has 0 saturated carbocycles. The van der Waals surface area contributed by atoms with E-state index >= 15 is 0 Å². The van der Waals surface area contributed by atoms with Crippen molar-refractivity contribution in [2.24, 2.45) is 0 Å². The Balaban J connectivity index is 2.34. The van der Waals surface area contributed by atoms with Crippen molar-refractivity contribution in [2.75, 3.05) is 6.61 Å². The van der Waals surface area contributed by atoms with Gasteiger partial charge in [-0.2, -0.15) is 0 Å². The summed E-state index contributed by atoms with van der Waals surface area (Å²) in [5.74, 6) is 0. The van der Waals surface area contributed by atoms with E-state index in [2.05, 4.69) is 20.8 Å². The molecule has 0 spiro atoms. The summed E-state index contributed by atoms with van der Waals surface area (Å²) in [5.41, 5.74) is 3.12. The van der Waals surface area contributed by atoms with Crippen LogP contribution in [0.15, 0.2) is 65.1 Å². The normalized spacial score (nSPS) is 9.95. The average molecular weight is 348 g/mol. The van der Waals surface area contributed by atoms with E-state index in [4.69, 9.17) is 0 Å². The first kappa shape index (κ1) is 15.3. The lowest BCUT2D eigenvalue weighted by Crippen LogP contribution is -2.02. The summed E-state index contributed by atoms with van der Waals surface area (Å²) < 4.78 is 0.877. The van der Waals surface area contributed by atoms with Gasteiger partial charge in [-0.05, 0) is 16.7 Å². The highest BCUT2D eigenvalue weighted by atomic mass is 79.9. The zero-order valence-electron chi connectivity index (χ0n) is 11.2. The van der Waals surface area contributed by atoms with Crippen LogP contribution in [0.3, 0.4) is 0 Å². The summed E-state index contributed by atoms with van der Waals surface area (Å²) in [6, 6.07) is 19.8. The van der Waals surface area contributed by atoms with E-state index < -0.39 is 5.09 Å². The second-order valence-corrected chi connectivity index (χ2v) is 5.28. The van der Waals surface area contributed by atoms with Gasteiger partial charge in [-0.1, -0.05) is 76.6 Å². The summed E-state index contributed by atoms with van der Waals surface area (Å²) >= 11 is 3.54. The van der Waals surface area contributed by atoms with Gasteiger partial charge in [-0.3, -0.25) is 0 Å². The molecular weight excluding hydrogens is 334 g/mol. The van der Waals surface area contributed by atoms with Crippen LogP contribution in [0.1, 0.15) is 17.5 Å². The molecule has 21 heavy (non-hydrogen) atoms. The van der Waals surface area contributed by atoms with Crippen molar-refractivity contribution in [1.82, 2.24) is 0 Å². The van der Waals surface area contributed by atoms with Crippen molar-refractivity contribution < 1.29 is 9.92 Å². The molecule has 0 atom stereocenters. The van der Waals surface area contributed by atoms with E-state index in [-0.39, 0.29) is 6.61 Å². The Labute approximate surface area is 131 Å². The quantitative estimate of drug-likeness (QED) is 0.573. The van der Waals surface area contributed by atoms with Crippen LogP contribution in [0, 0.1) is 10.1 Å². The van der Waals surface area contributed by atoms with E-state index in [1.165, 1.54) is 0 Å². The molecule has 0 heterocycles. The third-order valence-corrected chi connectivity index (χ3v) is 3.71. The lowest BCUT2D eigenvalue weighted by Gasteiger charge is -2.12. The molecule has 0 bridgehead atoms. The Morgan fingerprint density at radius 1 is 1.00 bits per heavy atom. The molecule has 0 fully saturated rings. The van der Waals surface area contributed by atoms with Crippen LogP contribution in [0.25, 0.3) is 5.57 Å². The number of nitrogens with zero attached hydrogens (tertiary/aromatic N) is 1. The lowest BCUT2D eigenvalue weighted by atomic mass is 9.97. The largest absolute Gasteiger partial charge is 0.314 e. The maximum Gasteiger partial charge on any atom is 0.294 e. The van der Waals surface area contributed by atoms with Crippen LogP contribution in [0.2, 0.25) is 0 Å². The topological polar surface area (TPSA) is 52.4 Å². The molecule has 0 amide bonds. The number of benzene rings is 2. The molecule has 0 aliphatic carbocycles. The van der Waals surface area contributed by atoms with Crippen molar-refractivity contribution in [3.63, 3.8) is 0 Å². The van der Waals surface area contributed by atoms with Crippen molar-refractivity contribution in [3.8, 4) is 0 Å². The Morgan fingerprint density at radius 3 is 1.90 bits per heavy atom. The van der Waals surface area contributed by atoms with Gasteiger partial charge in [-0.15, -0.1) is 10.1 Å². The zero-order valence-corrected chi connectivity index (χ0v) is 12.8. The number of hydrogen-bond donors (Lipinski definition) is 0. The van der Waals surface area contributed by atoms with Crippen molar-refractivity contribution in [1.29, 1.82) is 0 Å². The fourth-order valence-corrected chi connectivity index (χ4v) is 2.64. The first-order valence-electron chi connectivity index (χ1n) is 6.45. The maximum absolute atomic E-state index is 10.2. The Morgan fingerprint density at radius 2 is 1.48 bits per heavy atom. The highest BCUT2D eigenvalue weighted by Crippen LogP contribution is 2.31. The van der Waals surface area contributed by atoms with Crippen molar-refractivity contribution in [3.05, 3.63) is 86.4 Å². The monoisotopic (exact) mass is 347 g/mol. The molecule has 108 valence electrons. The summed E-state index contributed by atoms with van der Waals surface area (Å²) in [6.07, 6.45) is 0.431. The highest BCUT2D eigenvalue weighted by molar-refractivity contribution is 9.11. The second kappa shape index (κ2) is 7.59. The van der Waals surface area contributed by atoms with Gasteiger partial charge in [0.05, 0.1) is 0 Å². The van der Waals surface area contributed by atoms with Crippen molar-refractivity contribution >= 4 is 21.5 Å². The van der Waals surface area contributed by atoms with Crippen LogP contribution in [-0.4, -0.2) is 11.7 Å². The molecule has 2 aromatic carbocycles. The van der Waals surface area contributed by atoms with E-state index in [0.29, 0.717) is 6.42 Å². The van der Waals surface area contributed by atoms with Crippen molar-refractivity contribution in [2.45, 2.75) is 6.42 Å². The molecule has 0 unspecified atom stereocenters. The third kappa shape index (κ3) is 4.43. The minimum Gasteiger partial charge on any atom is -0.314 e. The summed E-state index contributed by atoms with van der Waals surface area (Å²) in [5, 5.41) is 9.47. The van der Waals surface area contributed by atoms with Gasteiger partial charge in [0.25, 0.3) is 5.09 Å². The molecule has 4 nitrogen and oxygen atoms in total. The number of rotatable bonds is 6. The fourth-order valence-electron chi connectivity index (χ4n) is 2.02. The van der Waals surface area contributed by atoms with Crippen LogP contribution in [-0.2, 0) is 4.84 Å². The average Bonchev–Trinajstić information content (AvgIpc) is 2.49. The minimum atomic E-state index is -0.773. The predicted molar refractivity (Wildman–Crippen MR) is 85.4 cm³/mol. The molecule has 2 aromatic rings. The molecule has 5 heteroatoms. The van der Waals surface area contributed by atoms with E-state index in [9.17, 15) is 10.1 Å². The van der Waals surface area contributed by atoms with E-state index in [1.807, 2.05) is 60.7 Å². The van der Waals surface area contributed by atoms with Crippen LogP contribution in [0.5, 0.6) is 0 Å². The standard InChI is InChI=1S/C16H14BrNO3/c17-15(11-12-21-18(19)20)16(13-7-3-1-4-8-13)14-9-5-2-6-10-14/h1-10H,11-12H2. The Bertz CT molecular complexity index is 585. The zero-order chi connectivity index (χ0) is 15.1. The molecule has 2 rings (SSSR count). The molecule has 0 N–H and O–H groups in total. The number of halogens is 1. The molecule has 0 aliphatic heterocycles. The van der Waals surface area contributed by atoms with Gasteiger partial charge in [0.15, 0.2) is 0 Å². The molecule has 0 aromatic heterocycles. The highest BCUT2D eigenvalue weighted by Gasteiger charge is 2.10. The Hall–Kier alpha value is -2.14. The third-order valence-electron chi connectivity index (χ3n) is 2.91. The van der Waals surface area contributed by atoms with Gasteiger partial charge >= 0.3 is 0 Å². The summed E-state index contributed by atoms with van der Waals surface area (Å²) in [6.45, 7) is 0.0246. The molecule has 0 aliphatic rings. The van der Waals surface area contributed by atoms with Gasteiger partial charge < -0.3 is 4.84 Å². The first-order chi connectivity index (χ1) is 10.2. The minimum absolute atomic E-state index is 0.0246. The molecule has 0 saturated heterocycles. The SMILES string of the molecule is O=[N+]([O-])OCCC(Br)=C(c1ccccc1)c1ccccc1. The predicted octanol–water partition coefficient (Wildman–Crippen LogP) is 4.44. The smallest absolute Gasteiger partial charge is 0.294 e. The van der Waals surface area contributed by atoms with Crippen LogP contribution in [0.4, 0.5) is 0 Å². The Kier molecular flexibility index (Phi) is 5.51.